The van der Waals surface area contributed by atoms with Crippen LogP contribution in [0, 0.1) is 0 Å². The summed E-state index contributed by atoms with van der Waals surface area (Å²) in [5.74, 6) is 0. The lowest BCUT2D eigenvalue weighted by Crippen LogP contribution is -2.10. The second-order valence-electron chi connectivity index (χ2n) is 16.1. The molecule has 0 amide bonds. The molecule has 0 N–H and O–H groups in total. The van der Waals surface area contributed by atoms with E-state index in [1.807, 2.05) is 12.1 Å². The maximum Gasteiger partial charge on any atom is 0.137 e. The molecule has 61 heavy (non-hydrogen) atoms. The van der Waals surface area contributed by atoms with Crippen molar-refractivity contribution in [2.45, 2.75) is 0 Å². The van der Waals surface area contributed by atoms with E-state index in [-0.39, 0.29) is 0 Å². The Balaban J connectivity index is 1.00. The van der Waals surface area contributed by atoms with Crippen LogP contribution in [0.5, 0.6) is 0 Å². The van der Waals surface area contributed by atoms with Gasteiger partial charge in [0.05, 0.1) is 11.0 Å². The van der Waals surface area contributed by atoms with Crippen LogP contribution in [0.15, 0.2) is 223 Å². The molecule has 0 aliphatic heterocycles. The first kappa shape index (κ1) is 33.8. The molecule has 0 aliphatic carbocycles. The SMILES string of the molecule is c1cc(-c2cc3ccc4ccc5ccccc5c4c3c3ccccc23)cc(N(c2ccc(-n3c4ccccc4c4ccccc43)cc2)c2ccc3c(c2)oc2ccccc23)c1. The average molecular weight is 777 g/mol. The van der Waals surface area contributed by atoms with Gasteiger partial charge in [0.25, 0.3) is 0 Å². The van der Waals surface area contributed by atoms with E-state index in [1.165, 1.54) is 70.5 Å². The van der Waals surface area contributed by atoms with Crippen LogP contribution in [-0.4, -0.2) is 4.57 Å². The van der Waals surface area contributed by atoms with Crippen molar-refractivity contribution in [3.63, 3.8) is 0 Å². The molecule has 284 valence electrons. The minimum atomic E-state index is 0.863. The Morgan fingerprint density at radius 2 is 0.902 bits per heavy atom. The molecule has 3 heteroatoms. The summed E-state index contributed by atoms with van der Waals surface area (Å²) in [4.78, 5) is 2.36. The van der Waals surface area contributed by atoms with E-state index in [4.69, 9.17) is 4.42 Å². The minimum Gasteiger partial charge on any atom is -0.456 e. The number of para-hydroxylation sites is 3. The summed E-state index contributed by atoms with van der Waals surface area (Å²) in [5.41, 5.74) is 10.8. The molecular formula is C58H36N2O. The Morgan fingerprint density at radius 3 is 1.69 bits per heavy atom. The normalized spacial score (nSPS) is 11.9. The van der Waals surface area contributed by atoms with E-state index in [0.29, 0.717) is 0 Å². The van der Waals surface area contributed by atoms with Gasteiger partial charge >= 0.3 is 0 Å². The molecule has 13 rings (SSSR count). The fourth-order valence-electron chi connectivity index (χ4n) is 10.00. The fraction of sp³-hybridized carbons (Fsp3) is 0. The van der Waals surface area contributed by atoms with Crippen LogP contribution >= 0.6 is 0 Å². The first-order valence-corrected chi connectivity index (χ1v) is 20.9. The Hall–Kier alpha value is -8.14. The summed E-state index contributed by atoms with van der Waals surface area (Å²) < 4.78 is 8.85. The molecule has 0 atom stereocenters. The molecule has 2 aromatic heterocycles. The zero-order valence-electron chi connectivity index (χ0n) is 33.1. The number of hydrogen-bond acceptors (Lipinski definition) is 2. The smallest absolute Gasteiger partial charge is 0.137 e. The molecule has 0 bridgehead atoms. The number of nitrogens with zero attached hydrogens (tertiary/aromatic N) is 2. The number of rotatable bonds is 5. The zero-order chi connectivity index (χ0) is 40.0. The molecule has 0 saturated carbocycles. The topological polar surface area (TPSA) is 21.3 Å². The third-order valence-corrected chi connectivity index (χ3v) is 12.7. The highest BCUT2D eigenvalue weighted by molar-refractivity contribution is 6.29. The van der Waals surface area contributed by atoms with Gasteiger partial charge in [0.2, 0.25) is 0 Å². The summed E-state index contributed by atoms with van der Waals surface area (Å²) in [6, 6.07) is 79.3. The Kier molecular flexibility index (Phi) is 7.31. The summed E-state index contributed by atoms with van der Waals surface area (Å²) in [5, 5.41) is 14.9. The second-order valence-corrected chi connectivity index (χ2v) is 16.1. The highest BCUT2D eigenvalue weighted by Crippen LogP contribution is 2.44. The van der Waals surface area contributed by atoms with E-state index < -0.39 is 0 Å². The van der Waals surface area contributed by atoms with Crippen molar-refractivity contribution in [2.24, 2.45) is 0 Å². The van der Waals surface area contributed by atoms with Crippen LogP contribution in [0.3, 0.4) is 0 Å². The van der Waals surface area contributed by atoms with Gasteiger partial charge in [-0.1, -0.05) is 140 Å². The van der Waals surface area contributed by atoms with Gasteiger partial charge in [-0.05, 0) is 127 Å². The van der Waals surface area contributed by atoms with Crippen molar-refractivity contribution in [1.29, 1.82) is 0 Å². The van der Waals surface area contributed by atoms with Crippen molar-refractivity contribution in [3.8, 4) is 16.8 Å². The number of anilines is 3. The molecule has 3 nitrogen and oxygen atoms in total. The number of fused-ring (bicyclic) bond motifs is 13. The van der Waals surface area contributed by atoms with E-state index in [2.05, 4.69) is 216 Å². The lowest BCUT2D eigenvalue weighted by molar-refractivity contribution is 0.669. The Morgan fingerprint density at radius 1 is 0.328 bits per heavy atom. The van der Waals surface area contributed by atoms with E-state index in [9.17, 15) is 0 Å². The molecule has 13 aromatic rings. The molecule has 0 radical (unpaired) electrons. The van der Waals surface area contributed by atoms with Gasteiger partial charge in [0, 0.05) is 50.4 Å². The molecule has 0 spiro atoms. The molecule has 0 saturated heterocycles. The summed E-state index contributed by atoms with van der Waals surface area (Å²) in [6.45, 7) is 0. The van der Waals surface area contributed by atoms with Gasteiger partial charge in [-0.2, -0.15) is 0 Å². The maximum absolute atomic E-state index is 6.47. The molecule has 0 fully saturated rings. The van der Waals surface area contributed by atoms with Crippen molar-refractivity contribution in [1.82, 2.24) is 4.57 Å². The lowest BCUT2D eigenvalue weighted by atomic mass is 9.89. The van der Waals surface area contributed by atoms with E-state index in [1.54, 1.807) is 0 Å². The Bertz CT molecular complexity index is 3840. The summed E-state index contributed by atoms with van der Waals surface area (Å²) in [6.07, 6.45) is 0. The van der Waals surface area contributed by atoms with Gasteiger partial charge in [0.1, 0.15) is 11.2 Å². The fourth-order valence-corrected chi connectivity index (χ4v) is 10.00. The molecule has 11 aromatic carbocycles. The third-order valence-electron chi connectivity index (χ3n) is 12.7. The zero-order valence-corrected chi connectivity index (χ0v) is 33.1. The number of benzene rings is 11. The minimum absolute atomic E-state index is 0.863. The average Bonchev–Trinajstić information content (AvgIpc) is 3.87. The van der Waals surface area contributed by atoms with Gasteiger partial charge in [0.15, 0.2) is 0 Å². The Labute approximate surface area is 351 Å². The number of hydrogen-bond donors (Lipinski definition) is 0. The van der Waals surface area contributed by atoms with Gasteiger partial charge in [-0.15, -0.1) is 0 Å². The van der Waals surface area contributed by atoms with E-state index in [0.717, 1.165) is 50.3 Å². The highest BCUT2D eigenvalue weighted by atomic mass is 16.3. The van der Waals surface area contributed by atoms with Crippen LogP contribution in [-0.2, 0) is 0 Å². The molecule has 0 aliphatic rings. The van der Waals surface area contributed by atoms with Crippen LogP contribution in [0.25, 0.3) is 104 Å². The summed E-state index contributed by atoms with van der Waals surface area (Å²) in [7, 11) is 0. The molecular weight excluding hydrogens is 741 g/mol. The van der Waals surface area contributed by atoms with Crippen molar-refractivity contribution >= 4 is 104 Å². The van der Waals surface area contributed by atoms with Crippen LogP contribution < -0.4 is 4.90 Å². The predicted molar refractivity (Wildman–Crippen MR) is 258 cm³/mol. The first-order valence-electron chi connectivity index (χ1n) is 20.9. The predicted octanol–water partition coefficient (Wildman–Crippen LogP) is 16.4. The maximum atomic E-state index is 6.47. The van der Waals surface area contributed by atoms with Crippen LogP contribution in [0.1, 0.15) is 0 Å². The molecule has 0 unspecified atom stereocenters. The summed E-state index contributed by atoms with van der Waals surface area (Å²) >= 11 is 0. The van der Waals surface area contributed by atoms with Crippen molar-refractivity contribution in [2.75, 3.05) is 4.90 Å². The molecule has 2 heterocycles. The quantitative estimate of drug-likeness (QED) is 0.162. The van der Waals surface area contributed by atoms with Crippen LogP contribution in [0.4, 0.5) is 17.1 Å². The third kappa shape index (κ3) is 5.17. The highest BCUT2D eigenvalue weighted by Gasteiger charge is 2.19. The van der Waals surface area contributed by atoms with Gasteiger partial charge in [-0.3, -0.25) is 0 Å². The lowest BCUT2D eigenvalue weighted by Gasteiger charge is -2.26. The second kappa shape index (κ2) is 13.2. The number of aromatic nitrogens is 1. The van der Waals surface area contributed by atoms with Gasteiger partial charge in [-0.25, -0.2) is 0 Å². The van der Waals surface area contributed by atoms with E-state index >= 15 is 0 Å². The largest absolute Gasteiger partial charge is 0.456 e. The number of furan rings is 1. The van der Waals surface area contributed by atoms with Crippen LogP contribution in [0.2, 0.25) is 0 Å². The van der Waals surface area contributed by atoms with Crippen molar-refractivity contribution < 1.29 is 4.42 Å². The van der Waals surface area contributed by atoms with Crippen molar-refractivity contribution in [3.05, 3.63) is 218 Å². The standard InChI is InChI=1S/C58H36N2O/c1-2-15-45-37(12-1)24-25-38-26-27-40-35-52(46-16-3-4-20-51(46)58(40)57(38)45)39-13-11-14-43(34-39)59(44-32-33-50-49-19-7-10-23-55(49)61-56(50)36-44)41-28-30-42(31-29-41)60-53-21-8-5-17-47(53)48-18-6-9-22-54(48)60/h1-36H. The first-order chi connectivity index (χ1) is 30.2. The monoisotopic (exact) mass is 776 g/mol. The van der Waals surface area contributed by atoms with Gasteiger partial charge < -0.3 is 13.9 Å².